The SMILES string of the molecule is COc1ccc(-c2cnc(N3CCC(NCc4ccc(/C=C/C(=O)NO)cc4)CC3)c(OC)c2-c2ccc(C#N)c(F)c2)cc1O. The van der Waals surface area contributed by atoms with E-state index in [2.05, 4.69) is 10.2 Å². The van der Waals surface area contributed by atoms with Crippen LogP contribution in [-0.4, -0.2) is 54.6 Å². The summed E-state index contributed by atoms with van der Waals surface area (Å²) in [5.41, 5.74) is 5.82. The van der Waals surface area contributed by atoms with Gasteiger partial charge in [0.15, 0.2) is 23.1 Å². The monoisotopic (exact) mass is 623 g/mol. The zero-order valence-corrected chi connectivity index (χ0v) is 25.5. The van der Waals surface area contributed by atoms with E-state index >= 15 is 0 Å². The summed E-state index contributed by atoms with van der Waals surface area (Å²) in [7, 11) is 3.02. The number of phenols is 1. The number of piperidine rings is 1. The lowest BCUT2D eigenvalue weighted by molar-refractivity contribution is -0.124. The Morgan fingerprint density at radius 3 is 2.46 bits per heavy atom. The lowest BCUT2D eigenvalue weighted by Crippen LogP contribution is -2.42. The fourth-order valence-corrected chi connectivity index (χ4v) is 5.54. The Labute approximate surface area is 266 Å². The van der Waals surface area contributed by atoms with Crippen LogP contribution < -0.4 is 25.2 Å². The minimum absolute atomic E-state index is 0.0468. The molecule has 0 spiro atoms. The van der Waals surface area contributed by atoms with Crippen molar-refractivity contribution in [2.75, 3.05) is 32.2 Å². The number of nitriles is 1. The number of hydrogen-bond acceptors (Lipinski definition) is 9. The molecule has 1 saturated heterocycles. The van der Waals surface area contributed by atoms with Crippen molar-refractivity contribution in [3.63, 3.8) is 0 Å². The number of carbonyl (C=O) groups is 1. The van der Waals surface area contributed by atoms with Crippen molar-refractivity contribution in [1.29, 1.82) is 5.26 Å². The second-order valence-electron chi connectivity index (χ2n) is 10.8. The van der Waals surface area contributed by atoms with Crippen molar-refractivity contribution >= 4 is 17.8 Å². The van der Waals surface area contributed by atoms with Crippen LogP contribution in [-0.2, 0) is 11.3 Å². The second-order valence-corrected chi connectivity index (χ2v) is 10.8. The fraction of sp³-hybridized carbons (Fsp3) is 0.229. The first-order chi connectivity index (χ1) is 22.3. The number of benzene rings is 3. The smallest absolute Gasteiger partial charge is 0.267 e. The summed E-state index contributed by atoms with van der Waals surface area (Å²) in [6, 6.07) is 19.4. The molecule has 0 saturated carbocycles. The van der Waals surface area contributed by atoms with Gasteiger partial charge in [0.2, 0.25) is 0 Å². The van der Waals surface area contributed by atoms with Gasteiger partial charge in [0.05, 0.1) is 19.8 Å². The third-order valence-electron chi connectivity index (χ3n) is 7.99. The molecule has 3 aromatic carbocycles. The molecule has 1 amide bonds. The van der Waals surface area contributed by atoms with Crippen LogP contribution in [0.4, 0.5) is 10.2 Å². The van der Waals surface area contributed by atoms with Crippen LogP contribution in [0.3, 0.4) is 0 Å². The van der Waals surface area contributed by atoms with Crippen molar-refractivity contribution in [1.82, 2.24) is 15.8 Å². The van der Waals surface area contributed by atoms with Crippen LogP contribution in [0.2, 0.25) is 0 Å². The van der Waals surface area contributed by atoms with Gasteiger partial charge in [0, 0.05) is 49.1 Å². The summed E-state index contributed by atoms with van der Waals surface area (Å²) < 4.78 is 26.0. The van der Waals surface area contributed by atoms with Gasteiger partial charge in [-0.3, -0.25) is 10.0 Å². The molecule has 0 aliphatic carbocycles. The van der Waals surface area contributed by atoms with Crippen LogP contribution in [0.5, 0.6) is 17.2 Å². The van der Waals surface area contributed by atoms with E-state index in [4.69, 9.17) is 19.7 Å². The zero-order valence-electron chi connectivity index (χ0n) is 25.5. The van der Waals surface area contributed by atoms with Gasteiger partial charge >= 0.3 is 0 Å². The van der Waals surface area contributed by atoms with Crippen molar-refractivity contribution in [2.24, 2.45) is 0 Å². The number of nitrogens with zero attached hydrogens (tertiary/aromatic N) is 3. The number of rotatable bonds is 10. The Kier molecular flexibility index (Phi) is 10.1. The van der Waals surface area contributed by atoms with E-state index in [1.165, 1.54) is 25.3 Å². The van der Waals surface area contributed by atoms with Gasteiger partial charge in [-0.2, -0.15) is 5.26 Å². The number of nitrogens with one attached hydrogen (secondary N) is 2. The Balaban J connectivity index is 1.36. The third-order valence-corrected chi connectivity index (χ3v) is 7.99. The fourth-order valence-electron chi connectivity index (χ4n) is 5.54. The van der Waals surface area contributed by atoms with Crippen LogP contribution in [0, 0.1) is 17.1 Å². The quantitative estimate of drug-likeness (QED) is 0.103. The average molecular weight is 624 g/mol. The van der Waals surface area contributed by atoms with Gasteiger partial charge in [0.1, 0.15) is 11.9 Å². The first-order valence-corrected chi connectivity index (χ1v) is 14.7. The van der Waals surface area contributed by atoms with E-state index in [1.807, 2.05) is 30.3 Å². The number of phenolic OH excluding ortho intramolecular Hbond substituents is 1. The number of hydroxylamine groups is 1. The molecule has 0 bridgehead atoms. The van der Waals surface area contributed by atoms with E-state index in [-0.39, 0.29) is 17.4 Å². The molecule has 46 heavy (non-hydrogen) atoms. The maximum atomic E-state index is 14.9. The highest BCUT2D eigenvalue weighted by atomic mass is 19.1. The standard InChI is InChI=1S/C35H34FN5O5/c1-45-31-11-10-24(18-30(31)42)28-21-39-35(34(46-2)33(28)25-8-9-26(19-37)29(36)17-25)41-15-13-27(14-16-41)38-20-23-5-3-22(4-6-23)7-12-32(43)40-44/h3-12,17-18,21,27,38,42,44H,13-16,20H2,1-2H3,(H,40,43)/b12-7+. The molecular formula is C35H34FN5O5. The van der Waals surface area contributed by atoms with E-state index < -0.39 is 11.7 Å². The average Bonchev–Trinajstić information content (AvgIpc) is 3.09. The number of carbonyl (C=O) groups excluding carboxylic acids is 1. The van der Waals surface area contributed by atoms with Crippen LogP contribution >= 0.6 is 0 Å². The first-order valence-electron chi connectivity index (χ1n) is 14.7. The molecule has 4 aromatic rings. The predicted molar refractivity (Wildman–Crippen MR) is 172 cm³/mol. The molecule has 11 heteroatoms. The first kappa shape index (κ1) is 32.0. The van der Waals surface area contributed by atoms with Crippen LogP contribution in [0.15, 0.2) is 72.9 Å². The van der Waals surface area contributed by atoms with Gasteiger partial charge in [-0.1, -0.05) is 36.4 Å². The molecule has 1 aromatic heterocycles. The van der Waals surface area contributed by atoms with E-state index in [0.29, 0.717) is 59.2 Å². The molecule has 10 nitrogen and oxygen atoms in total. The maximum absolute atomic E-state index is 14.9. The number of aromatic hydroxyl groups is 1. The topological polar surface area (TPSA) is 140 Å². The summed E-state index contributed by atoms with van der Waals surface area (Å²) in [6.45, 7) is 2.11. The zero-order chi connectivity index (χ0) is 32.6. The highest BCUT2D eigenvalue weighted by Crippen LogP contribution is 2.45. The van der Waals surface area contributed by atoms with Crippen molar-refractivity contribution < 1.29 is 29.0 Å². The van der Waals surface area contributed by atoms with Gasteiger partial charge in [0.25, 0.3) is 5.91 Å². The minimum atomic E-state index is -0.643. The number of ether oxygens (including phenoxy) is 2. The summed E-state index contributed by atoms with van der Waals surface area (Å²) in [5.74, 6) is 0.138. The molecule has 2 heterocycles. The summed E-state index contributed by atoms with van der Waals surface area (Å²) in [6.07, 6.45) is 6.29. The van der Waals surface area contributed by atoms with Crippen LogP contribution in [0.25, 0.3) is 28.3 Å². The number of amides is 1. The van der Waals surface area contributed by atoms with Gasteiger partial charge in [-0.15, -0.1) is 0 Å². The Hall–Kier alpha value is -5.44. The lowest BCUT2D eigenvalue weighted by atomic mass is 9.93. The number of halogens is 1. The number of anilines is 1. The molecule has 0 radical (unpaired) electrons. The molecule has 1 fully saturated rings. The number of hydrogen-bond donors (Lipinski definition) is 4. The second kappa shape index (κ2) is 14.6. The Bertz CT molecular complexity index is 1780. The molecule has 0 unspecified atom stereocenters. The normalized spacial score (nSPS) is 13.4. The largest absolute Gasteiger partial charge is 0.504 e. The van der Waals surface area contributed by atoms with Crippen molar-refractivity contribution in [2.45, 2.75) is 25.4 Å². The molecule has 0 atom stereocenters. The van der Waals surface area contributed by atoms with Gasteiger partial charge in [-0.25, -0.2) is 14.9 Å². The molecular weight excluding hydrogens is 589 g/mol. The summed E-state index contributed by atoms with van der Waals surface area (Å²) >= 11 is 0. The number of pyridine rings is 1. The number of methoxy groups -OCH3 is 2. The Morgan fingerprint density at radius 1 is 1.09 bits per heavy atom. The molecule has 4 N–H and O–H groups in total. The highest BCUT2D eigenvalue weighted by molar-refractivity contribution is 5.91. The van der Waals surface area contributed by atoms with Crippen molar-refractivity contribution in [3.05, 3.63) is 95.4 Å². The highest BCUT2D eigenvalue weighted by Gasteiger charge is 2.27. The summed E-state index contributed by atoms with van der Waals surface area (Å²) in [4.78, 5) is 18.1. The molecule has 236 valence electrons. The molecule has 5 rings (SSSR count). The van der Waals surface area contributed by atoms with Gasteiger partial charge < -0.3 is 24.8 Å². The Morgan fingerprint density at radius 2 is 1.83 bits per heavy atom. The predicted octanol–water partition coefficient (Wildman–Crippen LogP) is 5.43. The van der Waals surface area contributed by atoms with Crippen LogP contribution in [0.1, 0.15) is 29.5 Å². The van der Waals surface area contributed by atoms with Crippen molar-refractivity contribution in [3.8, 4) is 45.6 Å². The summed E-state index contributed by atoms with van der Waals surface area (Å²) in [5, 5.41) is 32.0. The molecule has 1 aliphatic heterocycles. The number of aromatic nitrogens is 1. The maximum Gasteiger partial charge on any atom is 0.267 e. The lowest BCUT2D eigenvalue weighted by Gasteiger charge is -2.34. The van der Waals surface area contributed by atoms with E-state index in [1.54, 1.807) is 49.1 Å². The van der Waals surface area contributed by atoms with E-state index in [9.17, 15) is 19.6 Å². The minimum Gasteiger partial charge on any atom is -0.504 e. The third kappa shape index (κ3) is 7.10. The molecule has 1 aliphatic rings. The van der Waals surface area contributed by atoms with Gasteiger partial charge in [-0.05, 0) is 65.4 Å². The van der Waals surface area contributed by atoms with E-state index in [0.717, 1.165) is 24.0 Å².